The number of fused-ring (bicyclic) bond motifs is 1. The number of ether oxygens (including phenoxy) is 3. The molecule has 0 N–H and O–H groups in total. The second-order valence-corrected chi connectivity index (χ2v) is 7.03. The van der Waals surface area contributed by atoms with Crippen molar-refractivity contribution in [2.75, 3.05) is 14.2 Å². The van der Waals surface area contributed by atoms with Crippen LogP contribution in [0.1, 0.15) is 15.9 Å². The summed E-state index contributed by atoms with van der Waals surface area (Å²) in [6.45, 7) is 1.79. The third-order valence-electron chi connectivity index (χ3n) is 4.69. The van der Waals surface area contributed by atoms with Crippen molar-refractivity contribution in [1.29, 1.82) is 0 Å². The van der Waals surface area contributed by atoms with E-state index in [-0.39, 0.29) is 28.2 Å². The lowest BCUT2D eigenvalue weighted by Crippen LogP contribution is -2.16. The molecule has 0 aliphatic heterocycles. The van der Waals surface area contributed by atoms with Gasteiger partial charge in [0.05, 0.1) is 31.4 Å². The minimum Gasteiger partial charge on any atom is -0.493 e. The first-order valence-electron chi connectivity index (χ1n) is 9.18. The molecule has 2 aromatic carbocycles. The molecule has 2 heterocycles. The molecule has 0 spiro atoms. The van der Waals surface area contributed by atoms with Crippen LogP contribution in [-0.4, -0.2) is 20.2 Å². The Morgan fingerprint density at radius 3 is 2.48 bits per heavy atom. The number of esters is 1. The molecule has 158 valence electrons. The fourth-order valence-electron chi connectivity index (χ4n) is 3.08. The van der Waals surface area contributed by atoms with Crippen molar-refractivity contribution in [2.45, 2.75) is 6.92 Å². The molecule has 2 aromatic heterocycles. The maximum absolute atomic E-state index is 13.2. The van der Waals surface area contributed by atoms with Gasteiger partial charge in [-0.05, 0) is 55.0 Å². The molecule has 0 saturated heterocycles. The third-order valence-corrected chi connectivity index (χ3v) is 5.10. The Morgan fingerprint density at radius 1 is 1.03 bits per heavy atom. The lowest BCUT2D eigenvalue weighted by Gasteiger charge is -2.11. The number of carbonyl (C=O) groups excluding carboxylic acids is 1. The maximum atomic E-state index is 13.2. The number of hydrogen-bond acceptors (Lipinski definition) is 7. The van der Waals surface area contributed by atoms with Crippen LogP contribution in [0.3, 0.4) is 0 Å². The smallest absolute Gasteiger partial charge is 0.343 e. The van der Waals surface area contributed by atoms with Gasteiger partial charge in [0.2, 0.25) is 16.9 Å². The van der Waals surface area contributed by atoms with Crippen LogP contribution in [0.5, 0.6) is 17.2 Å². The number of rotatable bonds is 5. The zero-order valence-corrected chi connectivity index (χ0v) is 17.6. The molecular formula is C23H17ClO7. The van der Waals surface area contributed by atoms with Gasteiger partial charge in [-0.15, -0.1) is 0 Å². The van der Waals surface area contributed by atoms with Crippen molar-refractivity contribution >= 4 is 28.5 Å². The molecule has 0 aliphatic rings. The van der Waals surface area contributed by atoms with Crippen LogP contribution in [0.15, 0.2) is 62.4 Å². The molecule has 0 unspecified atom stereocenters. The Labute approximate surface area is 181 Å². The van der Waals surface area contributed by atoms with Gasteiger partial charge in [0.25, 0.3) is 0 Å². The summed E-state index contributed by atoms with van der Waals surface area (Å²) in [5, 5.41) is 0.573. The summed E-state index contributed by atoms with van der Waals surface area (Å²) in [6.07, 6.45) is 1.42. The largest absolute Gasteiger partial charge is 0.493 e. The summed E-state index contributed by atoms with van der Waals surface area (Å²) in [7, 11) is 2.93. The van der Waals surface area contributed by atoms with E-state index in [1.807, 2.05) is 0 Å². The van der Waals surface area contributed by atoms with Crippen molar-refractivity contribution in [3.05, 3.63) is 75.1 Å². The predicted molar refractivity (Wildman–Crippen MR) is 114 cm³/mol. The Hall–Kier alpha value is -3.71. The SMILES string of the molecule is COc1ccc(C(=O)Oc2c(-c3ccco3)oc3cc(C)c(Cl)cc3c2=O)cc1OC. The summed E-state index contributed by atoms with van der Waals surface area (Å²) in [6, 6.07) is 10.9. The molecular weight excluding hydrogens is 424 g/mol. The number of aryl methyl sites for hydroxylation is 1. The van der Waals surface area contributed by atoms with E-state index in [4.69, 9.17) is 34.6 Å². The van der Waals surface area contributed by atoms with Gasteiger partial charge in [-0.25, -0.2) is 4.79 Å². The van der Waals surface area contributed by atoms with Gasteiger partial charge in [-0.1, -0.05) is 11.6 Å². The monoisotopic (exact) mass is 440 g/mol. The van der Waals surface area contributed by atoms with Gasteiger partial charge in [-0.2, -0.15) is 0 Å². The van der Waals surface area contributed by atoms with Crippen molar-refractivity contribution < 1.29 is 27.8 Å². The molecule has 7 nitrogen and oxygen atoms in total. The van der Waals surface area contributed by atoms with E-state index in [2.05, 4.69) is 0 Å². The second-order valence-electron chi connectivity index (χ2n) is 6.62. The predicted octanol–water partition coefficient (Wildman–Crippen LogP) is 5.25. The highest BCUT2D eigenvalue weighted by molar-refractivity contribution is 6.32. The van der Waals surface area contributed by atoms with Crippen LogP contribution >= 0.6 is 11.6 Å². The highest BCUT2D eigenvalue weighted by Gasteiger charge is 2.24. The molecule has 0 radical (unpaired) electrons. The fourth-order valence-corrected chi connectivity index (χ4v) is 3.24. The average molecular weight is 441 g/mol. The molecule has 0 atom stereocenters. The number of benzene rings is 2. The molecule has 0 bridgehead atoms. The lowest BCUT2D eigenvalue weighted by atomic mass is 10.1. The molecule has 0 aliphatic carbocycles. The standard InChI is InChI=1S/C23H17ClO7/c1-12-9-18-14(11-15(12)24)20(25)22(21(30-18)17-5-4-8-29-17)31-23(26)13-6-7-16(27-2)19(10-13)28-3/h4-11H,1-3H3. The first-order valence-corrected chi connectivity index (χ1v) is 9.55. The van der Waals surface area contributed by atoms with Gasteiger partial charge < -0.3 is 23.0 Å². The average Bonchev–Trinajstić information content (AvgIpc) is 3.31. The molecule has 4 aromatic rings. The molecule has 0 fully saturated rings. The summed E-state index contributed by atoms with van der Waals surface area (Å²) < 4.78 is 27.2. The van der Waals surface area contributed by atoms with Crippen molar-refractivity contribution in [2.24, 2.45) is 0 Å². The Balaban J connectivity index is 1.85. The number of halogens is 1. The van der Waals surface area contributed by atoms with E-state index in [1.54, 1.807) is 31.2 Å². The zero-order valence-electron chi connectivity index (χ0n) is 16.9. The summed E-state index contributed by atoms with van der Waals surface area (Å²) in [4.78, 5) is 26.1. The first-order chi connectivity index (χ1) is 14.9. The van der Waals surface area contributed by atoms with E-state index in [1.165, 1.54) is 38.7 Å². The fraction of sp³-hybridized carbons (Fsp3) is 0.130. The van der Waals surface area contributed by atoms with E-state index in [9.17, 15) is 9.59 Å². The third kappa shape index (κ3) is 3.75. The molecule has 4 rings (SSSR count). The van der Waals surface area contributed by atoms with Crippen molar-refractivity contribution in [1.82, 2.24) is 0 Å². The maximum Gasteiger partial charge on any atom is 0.343 e. The normalized spacial score (nSPS) is 10.8. The Kier molecular flexibility index (Phi) is 5.44. The van der Waals surface area contributed by atoms with Crippen molar-refractivity contribution in [3.8, 4) is 28.8 Å². The second kappa shape index (κ2) is 8.20. The van der Waals surface area contributed by atoms with E-state index in [0.29, 0.717) is 22.1 Å². The van der Waals surface area contributed by atoms with Gasteiger partial charge in [0.15, 0.2) is 17.3 Å². The molecule has 31 heavy (non-hydrogen) atoms. The molecule has 0 saturated carbocycles. The highest BCUT2D eigenvalue weighted by atomic mass is 35.5. The van der Waals surface area contributed by atoms with Gasteiger partial charge >= 0.3 is 5.97 Å². The van der Waals surface area contributed by atoms with Crippen LogP contribution in [0.2, 0.25) is 5.02 Å². The number of furan rings is 1. The minimum atomic E-state index is -0.779. The summed E-state index contributed by atoms with van der Waals surface area (Å²) in [5.41, 5.74) is 0.634. The minimum absolute atomic E-state index is 0.00181. The van der Waals surface area contributed by atoms with Crippen LogP contribution in [-0.2, 0) is 0 Å². The quantitative estimate of drug-likeness (QED) is 0.391. The van der Waals surface area contributed by atoms with Gasteiger partial charge in [0.1, 0.15) is 5.58 Å². The van der Waals surface area contributed by atoms with Crippen molar-refractivity contribution in [3.63, 3.8) is 0 Å². The van der Waals surface area contributed by atoms with Gasteiger partial charge in [-0.3, -0.25) is 4.79 Å². The summed E-state index contributed by atoms with van der Waals surface area (Å²) in [5.74, 6) is -0.0536. The highest BCUT2D eigenvalue weighted by Crippen LogP contribution is 2.34. The number of hydrogen-bond donors (Lipinski definition) is 0. The van der Waals surface area contributed by atoms with Crippen LogP contribution in [0, 0.1) is 6.92 Å². The van der Waals surface area contributed by atoms with Gasteiger partial charge in [0, 0.05) is 5.02 Å². The number of methoxy groups -OCH3 is 2. The van der Waals surface area contributed by atoms with Crippen LogP contribution in [0.4, 0.5) is 0 Å². The Morgan fingerprint density at radius 2 is 1.81 bits per heavy atom. The van der Waals surface area contributed by atoms with E-state index in [0.717, 1.165) is 5.56 Å². The van der Waals surface area contributed by atoms with Crippen LogP contribution in [0.25, 0.3) is 22.5 Å². The number of carbonyl (C=O) groups is 1. The molecule has 8 heteroatoms. The first kappa shape index (κ1) is 20.6. The topological polar surface area (TPSA) is 88.1 Å². The summed E-state index contributed by atoms with van der Waals surface area (Å²) >= 11 is 6.18. The van der Waals surface area contributed by atoms with Crippen LogP contribution < -0.4 is 19.6 Å². The van der Waals surface area contributed by atoms with E-state index < -0.39 is 11.4 Å². The lowest BCUT2D eigenvalue weighted by molar-refractivity contribution is 0.0730. The zero-order chi connectivity index (χ0) is 22.1. The van der Waals surface area contributed by atoms with E-state index >= 15 is 0 Å². The Bertz CT molecular complexity index is 1340. The molecule has 0 amide bonds.